The van der Waals surface area contributed by atoms with Crippen LogP contribution in [0.15, 0.2) is 6.20 Å². The number of hydrogen-bond donors (Lipinski definition) is 1. The summed E-state index contributed by atoms with van der Waals surface area (Å²) in [4.78, 5) is 12.5. The Kier molecular flexibility index (Phi) is 4.66. The highest BCUT2D eigenvalue weighted by Crippen LogP contribution is 2.38. The van der Waals surface area contributed by atoms with Crippen LogP contribution in [0, 0.1) is 5.92 Å². The van der Waals surface area contributed by atoms with Crippen LogP contribution in [0.25, 0.3) is 0 Å². The first kappa shape index (κ1) is 16.4. The highest BCUT2D eigenvalue weighted by molar-refractivity contribution is 5.95. The number of carbonyl (C=O) groups is 1. The van der Waals surface area contributed by atoms with E-state index in [0.717, 1.165) is 18.5 Å². The minimum atomic E-state index is -2.57. The lowest BCUT2D eigenvalue weighted by molar-refractivity contribution is 0.00504. The Morgan fingerprint density at radius 2 is 2.17 bits per heavy atom. The van der Waals surface area contributed by atoms with Gasteiger partial charge in [0.15, 0.2) is 0 Å². The van der Waals surface area contributed by atoms with Crippen molar-refractivity contribution in [2.75, 3.05) is 19.8 Å². The van der Waals surface area contributed by atoms with Crippen LogP contribution < -0.4 is 5.32 Å². The number of carbonyl (C=O) groups excluding carboxylic acids is 1. The fourth-order valence-corrected chi connectivity index (χ4v) is 3.50. The Morgan fingerprint density at radius 3 is 2.83 bits per heavy atom. The number of aromatic nitrogens is 2. The second-order valence-electron chi connectivity index (χ2n) is 6.66. The van der Waals surface area contributed by atoms with Crippen molar-refractivity contribution in [2.24, 2.45) is 13.0 Å². The normalized spacial score (nSPS) is 24.7. The van der Waals surface area contributed by atoms with Gasteiger partial charge in [0, 0.05) is 51.8 Å². The topological polar surface area (TPSA) is 56.2 Å². The average Bonchev–Trinajstić information content (AvgIpc) is 3.08. The summed E-state index contributed by atoms with van der Waals surface area (Å²) in [6.45, 7) is 1.66. The summed E-state index contributed by atoms with van der Waals surface area (Å²) < 4.78 is 33.4. The van der Waals surface area contributed by atoms with Gasteiger partial charge in [0.05, 0.1) is 11.3 Å². The quantitative estimate of drug-likeness (QED) is 0.924. The van der Waals surface area contributed by atoms with Crippen LogP contribution in [0.3, 0.4) is 0 Å². The van der Waals surface area contributed by atoms with Crippen LogP contribution in [0.4, 0.5) is 8.78 Å². The highest BCUT2D eigenvalue weighted by atomic mass is 19.3. The number of hydrogen-bond acceptors (Lipinski definition) is 3. The van der Waals surface area contributed by atoms with Crippen LogP contribution in [0.2, 0.25) is 0 Å². The van der Waals surface area contributed by atoms with Gasteiger partial charge in [0.1, 0.15) is 0 Å². The molecule has 5 nitrogen and oxygen atoms in total. The molecule has 2 aliphatic rings. The Bertz CT molecular complexity index is 568. The van der Waals surface area contributed by atoms with Crippen molar-refractivity contribution in [3.63, 3.8) is 0 Å². The van der Waals surface area contributed by atoms with Crippen LogP contribution in [0.1, 0.15) is 54.1 Å². The third-order valence-corrected chi connectivity index (χ3v) is 4.77. The molecule has 1 unspecified atom stereocenters. The van der Waals surface area contributed by atoms with E-state index in [1.54, 1.807) is 17.9 Å². The number of rotatable bonds is 4. The highest BCUT2D eigenvalue weighted by Gasteiger charge is 2.39. The van der Waals surface area contributed by atoms with E-state index >= 15 is 0 Å². The van der Waals surface area contributed by atoms with Gasteiger partial charge in [-0.05, 0) is 25.2 Å². The molecular formula is C16H23F2N3O2. The van der Waals surface area contributed by atoms with Gasteiger partial charge in [0.2, 0.25) is 5.92 Å². The summed E-state index contributed by atoms with van der Waals surface area (Å²) in [7, 11) is 1.79. The summed E-state index contributed by atoms with van der Waals surface area (Å²) in [5, 5.41) is 7.25. The molecule has 1 saturated heterocycles. The lowest BCUT2D eigenvalue weighted by atomic mass is 9.93. The second-order valence-corrected chi connectivity index (χ2v) is 6.66. The molecule has 1 amide bonds. The third kappa shape index (κ3) is 3.88. The maximum absolute atomic E-state index is 13.2. The number of halogens is 2. The molecule has 1 aliphatic carbocycles. The Labute approximate surface area is 134 Å². The van der Waals surface area contributed by atoms with E-state index in [1.807, 2.05) is 0 Å². The third-order valence-electron chi connectivity index (χ3n) is 4.77. The molecule has 0 bridgehead atoms. The summed E-state index contributed by atoms with van der Waals surface area (Å²) in [5.74, 6) is -2.70. The van der Waals surface area contributed by atoms with Gasteiger partial charge in [-0.3, -0.25) is 9.48 Å². The van der Waals surface area contributed by atoms with Crippen molar-refractivity contribution in [2.45, 2.75) is 43.9 Å². The first-order valence-electron chi connectivity index (χ1n) is 8.22. The van der Waals surface area contributed by atoms with Crippen molar-refractivity contribution >= 4 is 5.91 Å². The molecule has 1 N–H and O–H groups in total. The van der Waals surface area contributed by atoms with Crippen molar-refractivity contribution in [1.29, 1.82) is 0 Å². The Hall–Kier alpha value is -1.50. The molecule has 1 aromatic rings. The summed E-state index contributed by atoms with van der Waals surface area (Å²) in [6, 6.07) is 0. The monoisotopic (exact) mass is 327 g/mol. The second kappa shape index (κ2) is 6.55. The predicted octanol–water partition coefficient (Wildman–Crippen LogP) is 2.48. The van der Waals surface area contributed by atoms with E-state index in [1.165, 1.54) is 0 Å². The molecule has 0 radical (unpaired) electrons. The molecule has 0 spiro atoms. The van der Waals surface area contributed by atoms with Gasteiger partial charge >= 0.3 is 0 Å². The van der Waals surface area contributed by atoms with E-state index in [4.69, 9.17) is 4.74 Å². The van der Waals surface area contributed by atoms with E-state index in [-0.39, 0.29) is 30.6 Å². The minimum Gasteiger partial charge on any atom is -0.381 e. The Morgan fingerprint density at radius 1 is 1.43 bits per heavy atom. The van der Waals surface area contributed by atoms with Gasteiger partial charge in [-0.25, -0.2) is 8.78 Å². The SMILES string of the molecule is Cn1cc(C(=O)NCC2CCC(F)(F)C2)c(C2CCOCC2)n1. The smallest absolute Gasteiger partial charge is 0.254 e. The number of amides is 1. The zero-order chi connectivity index (χ0) is 16.4. The van der Waals surface area contributed by atoms with Gasteiger partial charge in [-0.1, -0.05) is 0 Å². The molecule has 23 heavy (non-hydrogen) atoms. The summed E-state index contributed by atoms with van der Waals surface area (Å²) in [5.41, 5.74) is 1.36. The van der Waals surface area contributed by atoms with Crippen LogP contribution in [0.5, 0.6) is 0 Å². The molecule has 7 heteroatoms. The van der Waals surface area contributed by atoms with Gasteiger partial charge in [-0.15, -0.1) is 0 Å². The fraction of sp³-hybridized carbons (Fsp3) is 0.750. The molecule has 0 aromatic carbocycles. The van der Waals surface area contributed by atoms with E-state index < -0.39 is 5.92 Å². The van der Waals surface area contributed by atoms with Crippen molar-refractivity contribution in [3.8, 4) is 0 Å². The van der Waals surface area contributed by atoms with Crippen molar-refractivity contribution in [3.05, 3.63) is 17.5 Å². The molecule has 1 saturated carbocycles. The Balaban J connectivity index is 1.63. The molecule has 2 fully saturated rings. The maximum Gasteiger partial charge on any atom is 0.254 e. The van der Waals surface area contributed by atoms with Crippen molar-refractivity contribution in [1.82, 2.24) is 15.1 Å². The van der Waals surface area contributed by atoms with Crippen LogP contribution in [-0.4, -0.2) is 41.4 Å². The van der Waals surface area contributed by atoms with Crippen LogP contribution >= 0.6 is 0 Å². The average molecular weight is 327 g/mol. The fourth-order valence-electron chi connectivity index (χ4n) is 3.50. The minimum absolute atomic E-state index is 0.0756. The van der Waals surface area contributed by atoms with E-state index in [0.29, 0.717) is 31.7 Å². The lowest BCUT2D eigenvalue weighted by Crippen LogP contribution is -2.30. The van der Waals surface area contributed by atoms with Gasteiger partial charge in [-0.2, -0.15) is 5.10 Å². The largest absolute Gasteiger partial charge is 0.381 e. The first-order valence-corrected chi connectivity index (χ1v) is 8.22. The number of nitrogens with zero attached hydrogens (tertiary/aromatic N) is 2. The molecule has 1 aliphatic heterocycles. The predicted molar refractivity (Wildman–Crippen MR) is 80.6 cm³/mol. The number of ether oxygens (including phenoxy) is 1. The first-order chi connectivity index (χ1) is 10.9. The molecular weight excluding hydrogens is 304 g/mol. The molecule has 1 aromatic heterocycles. The van der Waals surface area contributed by atoms with Gasteiger partial charge in [0.25, 0.3) is 5.91 Å². The van der Waals surface area contributed by atoms with E-state index in [2.05, 4.69) is 10.4 Å². The molecule has 2 heterocycles. The summed E-state index contributed by atoms with van der Waals surface area (Å²) in [6.07, 6.45) is 3.68. The number of nitrogens with one attached hydrogen (secondary N) is 1. The molecule has 3 rings (SSSR count). The van der Waals surface area contributed by atoms with Crippen LogP contribution in [-0.2, 0) is 11.8 Å². The van der Waals surface area contributed by atoms with Crippen molar-refractivity contribution < 1.29 is 18.3 Å². The maximum atomic E-state index is 13.2. The molecule has 1 atom stereocenters. The lowest BCUT2D eigenvalue weighted by Gasteiger charge is -2.21. The number of aryl methyl sites for hydroxylation is 1. The molecule has 128 valence electrons. The number of alkyl halides is 2. The zero-order valence-corrected chi connectivity index (χ0v) is 13.4. The van der Waals surface area contributed by atoms with E-state index in [9.17, 15) is 13.6 Å². The summed E-state index contributed by atoms with van der Waals surface area (Å²) >= 11 is 0. The standard InChI is InChI=1S/C16H23F2N3O2/c1-21-10-13(14(20-21)12-3-6-23-7-4-12)15(22)19-9-11-2-5-16(17,18)8-11/h10-12H,2-9H2,1H3,(H,19,22). The zero-order valence-electron chi connectivity index (χ0n) is 13.4. The van der Waals surface area contributed by atoms with Gasteiger partial charge < -0.3 is 10.1 Å².